The standard InChI is InChI=1S/C24H36O5/c1-15-4-11-24(28-3)19-5-8-21(2)17(16-12-20(25)29-14-16)7-10-23(21,27)18(19)6-9-22(24,26)13-15/h12,15,17-19,26-27H,4-11,13-14H2,1-3H3/t15-,17+,18+,19?,21+,22-,23-,24-/m0/s1. The van der Waals surface area contributed by atoms with Gasteiger partial charge in [0.25, 0.3) is 0 Å². The van der Waals surface area contributed by atoms with Gasteiger partial charge < -0.3 is 19.7 Å². The number of aliphatic hydroxyl groups is 2. The number of cyclic esters (lactones) is 1. The second-order valence-corrected chi connectivity index (χ2v) is 11.0. The Labute approximate surface area is 173 Å². The number of methoxy groups -OCH3 is 1. The molecular formula is C24H36O5. The molecule has 1 unspecified atom stereocenters. The van der Waals surface area contributed by atoms with Gasteiger partial charge in [0.1, 0.15) is 6.61 Å². The molecule has 5 aliphatic rings. The normalized spacial score (nSPS) is 54.2. The molecule has 0 aromatic heterocycles. The SMILES string of the molecule is CO[C@]12CC[C@H](C)C[C@@]1(O)CC[C@@H]1C2CC[C@]2(C)[C@@H](C3=CC(=O)OC3)CC[C@]12O. The summed E-state index contributed by atoms with van der Waals surface area (Å²) in [6.45, 7) is 4.84. The van der Waals surface area contributed by atoms with Crippen LogP contribution in [0, 0.1) is 29.1 Å². The summed E-state index contributed by atoms with van der Waals surface area (Å²) in [4.78, 5) is 11.7. The Hall–Kier alpha value is -0.910. The molecule has 5 nitrogen and oxygen atoms in total. The highest BCUT2D eigenvalue weighted by Gasteiger charge is 2.71. The van der Waals surface area contributed by atoms with Crippen LogP contribution in [0.15, 0.2) is 11.6 Å². The van der Waals surface area contributed by atoms with Gasteiger partial charge in [0, 0.05) is 18.6 Å². The number of hydrogen-bond acceptors (Lipinski definition) is 5. The highest BCUT2D eigenvalue weighted by atomic mass is 16.5. The number of rotatable bonds is 2. The van der Waals surface area contributed by atoms with E-state index >= 15 is 0 Å². The second-order valence-electron chi connectivity index (χ2n) is 11.0. The van der Waals surface area contributed by atoms with Crippen molar-refractivity contribution in [2.75, 3.05) is 13.7 Å². The predicted molar refractivity (Wildman–Crippen MR) is 108 cm³/mol. The topological polar surface area (TPSA) is 76.0 Å². The fourth-order valence-corrected chi connectivity index (χ4v) is 8.67. The van der Waals surface area contributed by atoms with E-state index < -0.39 is 16.8 Å². The van der Waals surface area contributed by atoms with Gasteiger partial charge in [-0.3, -0.25) is 0 Å². The van der Waals surface area contributed by atoms with E-state index in [1.54, 1.807) is 13.2 Å². The maximum absolute atomic E-state index is 12.2. The maximum Gasteiger partial charge on any atom is 0.331 e. The lowest BCUT2D eigenvalue weighted by atomic mass is 9.44. The van der Waals surface area contributed by atoms with Crippen LogP contribution in [0.3, 0.4) is 0 Å². The summed E-state index contributed by atoms with van der Waals surface area (Å²) in [6, 6.07) is 0. The molecule has 4 aliphatic carbocycles. The van der Waals surface area contributed by atoms with Gasteiger partial charge in [-0.05, 0) is 87.0 Å². The lowest BCUT2D eigenvalue weighted by molar-refractivity contribution is -0.293. The van der Waals surface area contributed by atoms with E-state index in [-0.39, 0.29) is 29.1 Å². The molecule has 1 aliphatic heterocycles. The zero-order valence-corrected chi connectivity index (χ0v) is 18.1. The fraction of sp³-hybridized carbons (Fsp3) is 0.875. The molecule has 0 saturated heterocycles. The van der Waals surface area contributed by atoms with E-state index in [9.17, 15) is 15.0 Å². The Morgan fingerprint density at radius 3 is 2.52 bits per heavy atom. The lowest BCUT2D eigenvalue weighted by Crippen LogP contribution is -2.71. The summed E-state index contributed by atoms with van der Waals surface area (Å²) in [5.41, 5.74) is -1.28. The van der Waals surface area contributed by atoms with Crippen LogP contribution in [0.25, 0.3) is 0 Å². The summed E-state index contributed by atoms with van der Waals surface area (Å²) in [7, 11) is 1.77. The smallest absolute Gasteiger partial charge is 0.331 e. The van der Waals surface area contributed by atoms with E-state index in [0.29, 0.717) is 18.9 Å². The molecule has 1 heterocycles. The summed E-state index contributed by atoms with van der Waals surface area (Å²) in [6.07, 6.45) is 9.50. The molecule has 0 aromatic rings. The van der Waals surface area contributed by atoms with Gasteiger partial charge in [-0.1, -0.05) is 13.8 Å². The Kier molecular flexibility index (Phi) is 4.35. The van der Waals surface area contributed by atoms with Crippen molar-refractivity contribution in [3.05, 3.63) is 11.6 Å². The quantitative estimate of drug-likeness (QED) is 0.690. The number of ether oxygens (including phenoxy) is 2. The summed E-state index contributed by atoms with van der Waals surface area (Å²) in [5, 5.41) is 23.9. The molecular weight excluding hydrogens is 368 g/mol. The van der Waals surface area contributed by atoms with Crippen LogP contribution in [0.5, 0.6) is 0 Å². The van der Waals surface area contributed by atoms with Crippen molar-refractivity contribution in [3.8, 4) is 0 Å². The average molecular weight is 405 g/mol. The van der Waals surface area contributed by atoms with Gasteiger partial charge in [0.15, 0.2) is 0 Å². The van der Waals surface area contributed by atoms with Crippen molar-refractivity contribution in [1.29, 1.82) is 0 Å². The van der Waals surface area contributed by atoms with Crippen LogP contribution in [0.4, 0.5) is 0 Å². The van der Waals surface area contributed by atoms with E-state index in [1.165, 1.54) is 0 Å². The molecule has 2 N–H and O–H groups in total. The number of carbonyl (C=O) groups excluding carboxylic acids is 1. The van der Waals surface area contributed by atoms with Gasteiger partial charge >= 0.3 is 5.97 Å². The largest absolute Gasteiger partial charge is 0.458 e. The van der Waals surface area contributed by atoms with Gasteiger partial charge in [-0.25, -0.2) is 4.79 Å². The minimum absolute atomic E-state index is 0.138. The molecule has 0 amide bonds. The van der Waals surface area contributed by atoms with Crippen LogP contribution < -0.4 is 0 Å². The van der Waals surface area contributed by atoms with Gasteiger partial charge in [0.05, 0.1) is 16.8 Å². The molecule has 0 aromatic carbocycles. The fourth-order valence-electron chi connectivity index (χ4n) is 8.67. The number of fused-ring (bicyclic) bond motifs is 5. The van der Waals surface area contributed by atoms with Gasteiger partial charge in [0.2, 0.25) is 0 Å². The molecule has 5 heteroatoms. The Morgan fingerprint density at radius 2 is 1.83 bits per heavy atom. The highest BCUT2D eigenvalue weighted by molar-refractivity contribution is 5.85. The summed E-state index contributed by atoms with van der Waals surface area (Å²) >= 11 is 0. The van der Waals surface area contributed by atoms with Crippen LogP contribution >= 0.6 is 0 Å². The lowest BCUT2D eigenvalue weighted by Gasteiger charge is -2.66. The molecule has 162 valence electrons. The molecule has 29 heavy (non-hydrogen) atoms. The third kappa shape index (κ3) is 2.41. The minimum atomic E-state index is -0.781. The van der Waals surface area contributed by atoms with Crippen molar-refractivity contribution in [1.82, 2.24) is 0 Å². The maximum atomic E-state index is 12.2. The summed E-state index contributed by atoms with van der Waals surface area (Å²) in [5.74, 6) is 0.791. The number of carbonyl (C=O) groups is 1. The number of esters is 1. The molecule has 4 saturated carbocycles. The first-order valence-corrected chi connectivity index (χ1v) is 11.6. The van der Waals surface area contributed by atoms with Crippen molar-refractivity contribution in [2.24, 2.45) is 29.1 Å². The number of hydrogen-bond donors (Lipinski definition) is 2. The Bertz CT molecular complexity index is 748. The van der Waals surface area contributed by atoms with Crippen LogP contribution in [0.2, 0.25) is 0 Å². The van der Waals surface area contributed by atoms with Gasteiger partial charge in [-0.15, -0.1) is 0 Å². The first kappa shape index (κ1) is 20.0. The van der Waals surface area contributed by atoms with Gasteiger partial charge in [-0.2, -0.15) is 0 Å². The molecule has 0 spiro atoms. The van der Waals surface area contributed by atoms with Crippen LogP contribution in [-0.4, -0.2) is 46.7 Å². The third-order valence-corrected chi connectivity index (χ3v) is 10.1. The Morgan fingerprint density at radius 1 is 1.07 bits per heavy atom. The summed E-state index contributed by atoms with van der Waals surface area (Å²) < 4.78 is 11.4. The molecule has 4 fully saturated rings. The minimum Gasteiger partial charge on any atom is -0.458 e. The third-order valence-electron chi connectivity index (χ3n) is 10.1. The van der Waals surface area contributed by atoms with Crippen molar-refractivity contribution >= 4 is 5.97 Å². The molecule has 0 radical (unpaired) electrons. The van der Waals surface area contributed by atoms with E-state index in [1.807, 2.05) is 0 Å². The van der Waals surface area contributed by atoms with Crippen LogP contribution in [0.1, 0.15) is 71.6 Å². The van der Waals surface area contributed by atoms with Crippen molar-refractivity contribution < 1.29 is 24.5 Å². The van der Waals surface area contributed by atoms with Crippen molar-refractivity contribution in [3.63, 3.8) is 0 Å². The predicted octanol–water partition coefficient (Wildman–Crippen LogP) is 3.37. The van der Waals surface area contributed by atoms with Crippen molar-refractivity contribution in [2.45, 2.75) is 88.4 Å². The average Bonchev–Trinajstić information content (AvgIpc) is 3.21. The van der Waals surface area contributed by atoms with Crippen LogP contribution in [-0.2, 0) is 14.3 Å². The molecule has 8 atom stereocenters. The molecule has 0 bridgehead atoms. The monoisotopic (exact) mass is 404 g/mol. The first-order chi connectivity index (χ1) is 13.7. The second kappa shape index (κ2) is 6.30. The van der Waals surface area contributed by atoms with E-state index in [0.717, 1.165) is 56.9 Å². The Balaban J connectivity index is 1.51. The first-order valence-electron chi connectivity index (χ1n) is 11.6. The zero-order chi connectivity index (χ0) is 20.7. The zero-order valence-electron chi connectivity index (χ0n) is 18.1. The van der Waals surface area contributed by atoms with E-state index in [4.69, 9.17) is 9.47 Å². The highest BCUT2D eigenvalue weighted by Crippen LogP contribution is 2.69. The van der Waals surface area contributed by atoms with E-state index in [2.05, 4.69) is 13.8 Å². The molecule has 5 rings (SSSR count).